The molecular formula is C20H23N3O3S. The maximum atomic E-state index is 12.6. The first kappa shape index (κ1) is 18.0. The first-order valence-electron chi connectivity index (χ1n) is 9.18. The summed E-state index contributed by atoms with van der Waals surface area (Å²) in [5, 5.41) is 6.28. The van der Waals surface area contributed by atoms with Crippen molar-refractivity contribution >= 4 is 27.3 Å². The molecule has 0 aromatic heterocycles. The molecule has 4 rings (SSSR count). The summed E-state index contributed by atoms with van der Waals surface area (Å²) in [5.74, 6) is 0.0873. The van der Waals surface area contributed by atoms with Gasteiger partial charge < -0.3 is 10.6 Å². The minimum Gasteiger partial charge on any atom is -0.326 e. The van der Waals surface area contributed by atoms with Crippen molar-refractivity contribution in [2.24, 2.45) is 11.3 Å². The number of amides is 1. The third-order valence-corrected chi connectivity index (χ3v) is 6.94. The molecule has 1 saturated carbocycles. The number of sulfonamides is 1. The molecule has 6 nitrogen and oxygen atoms in total. The minimum atomic E-state index is -3.65. The average Bonchev–Trinajstić information content (AvgIpc) is 3.36. The summed E-state index contributed by atoms with van der Waals surface area (Å²) in [6.45, 7) is 1.95. The fraction of sp³-hybridized carbons (Fsp3) is 0.350. The molecular weight excluding hydrogens is 362 g/mol. The standard InChI is InChI=1S/C20H23N3O3S/c24-19(18-14-20(18)9-11-21-12-10-20)22-15-5-4-6-16(13-15)23-27(25,26)17-7-2-1-3-8-17/h1-8,13,18,21,23H,9-12,14H2,(H,22,24). The van der Waals surface area contributed by atoms with E-state index in [1.807, 2.05) is 0 Å². The highest BCUT2D eigenvalue weighted by Gasteiger charge is 2.57. The molecule has 3 N–H and O–H groups in total. The second-order valence-electron chi connectivity index (χ2n) is 7.36. The first-order chi connectivity index (χ1) is 13.0. The second kappa shape index (κ2) is 6.98. The highest BCUT2D eigenvalue weighted by molar-refractivity contribution is 7.92. The SMILES string of the molecule is O=C(Nc1cccc(NS(=O)(=O)c2ccccc2)c1)C1CC12CCNCC2. The van der Waals surface area contributed by atoms with Gasteiger partial charge >= 0.3 is 0 Å². The molecule has 1 spiro atoms. The highest BCUT2D eigenvalue weighted by Crippen LogP contribution is 2.58. The summed E-state index contributed by atoms with van der Waals surface area (Å²) in [4.78, 5) is 12.8. The Morgan fingerprint density at radius 3 is 2.44 bits per heavy atom. The van der Waals surface area contributed by atoms with Crippen LogP contribution in [0.5, 0.6) is 0 Å². The van der Waals surface area contributed by atoms with Gasteiger partial charge in [-0.25, -0.2) is 8.42 Å². The first-order valence-corrected chi connectivity index (χ1v) is 10.7. The minimum absolute atomic E-state index is 0.0277. The van der Waals surface area contributed by atoms with E-state index in [0.717, 1.165) is 32.4 Å². The lowest BCUT2D eigenvalue weighted by molar-refractivity contribution is -0.118. The lowest BCUT2D eigenvalue weighted by Gasteiger charge is -2.23. The van der Waals surface area contributed by atoms with Crippen LogP contribution in [-0.2, 0) is 14.8 Å². The Kier molecular flexibility index (Phi) is 4.65. The third kappa shape index (κ3) is 3.84. The highest BCUT2D eigenvalue weighted by atomic mass is 32.2. The van der Waals surface area contributed by atoms with E-state index < -0.39 is 10.0 Å². The molecule has 27 heavy (non-hydrogen) atoms. The number of nitrogens with one attached hydrogen (secondary N) is 3. The smallest absolute Gasteiger partial charge is 0.261 e. The Hall–Kier alpha value is -2.38. The van der Waals surface area contributed by atoms with Crippen LogP contribution in [0.15, 0.2) is 59.5 Å². The van der Waals surface area contributed by atoms with Gasteiger partial charge in [0.25, 0.3) is 10.0 Å². The maximum absolute atomic E-state index is 12.6. The molecule has 2 aliphatic rings. The van der Waals surface area contributed by atoms with Gasteiger partial charge in [0.1, 0.15) is 0 Å². The fourth-order valence-corrected chi connectivity index (χ4v) is 4.97. The van der Waals surface area contributed by atoms with Gasteiger partial charge in [0.15, 0.2) is 0 Å². The Balaban J connectivity index is 1.43. The van der Waals surface area contributed by atoms with Crippen molar-refractivity contribution in [3.05, 3.63) is 54.6 Å². The molecule has 2 aromatic carbocycles. The number of hydrogen-bond donors (Lipinski definition) is 3. The van der Waals surface area contributed by atoms with Crippen molar-refractivity contribution in [2.75, 3.05) is 23.1 Å². The van der Waals surface area contributed by atoms with Crippen LogP contribution in [0.25, 0.3) is 0 Å². The Bertz CT molecular complexity index is 938. The Morgan fingerprint density at radius 2 is 1.70 bits per heavy atom. The van der Waals surface area contributed by atoms with E-state index in [0.29, 0.717) is 11.4 Å². The van der Waals surface area contributed by atoms with E-state index in [4.69, 9.17) is 0 Å². The van der Waals surface area contributed by atoms with E-state index in [-0.39, 0.29) is 22.1 Å². The van der Waals surface area contributed by atoms with Gasteiger partial charge in [0.05, 0.1) is 10.6 Å². The van der Waals surface area contributed by atoms with Gasteiger partial charge in [0, 0.05) is 11.6 Å². The molecule has 2 fully saturated rings. The Morgan fingerprint density at radius 1 is 1.00 bits per heavy atom. The zero-order valence-corrected chi connectivity index (χ0v) is 15.8. The zero-order chi connectivity index (χ0) is 18.9. The fourth-order valence-electron chi connectivity index (χ4n) is 3.90. The maximum Gasteiger partial charge on any atom is 0.261 e. The summed E-state index contributed by atoms with van der Waals surface area (Å²) in [5.41, 5.74) is 1.19. The molecule has 2 aromatic rings. The molecule has 1 saturated heterocycles. The van der Waals surface area contributed by atoms with Gasteiger partial charge in [-0.2, -0.15) is 0 Å². The van der Waals surface area contributed by atoms with E-state index in [2.05, 4.69) is 15.4 Å². The molecule has 7 heteroatoms. The molecule has 1 heterocycles. The Labute approximate surface area is 159 Å². The van der Waals surface area contributed by atoms with Crippen LogP contribution in [0.1, 0.15) is 19.3 Å². The van der Waals surface area contributed by atoms with Crippen molar-refractivity contribution < 1.29 is 13.2 Å². The zero-order valence-electron chi connectivity index (χ0n) is 14.9. The lowest BCUT2D eigenvalue weighted by Crippen LogP contribution is -2.31. The summed E-state index contributed by atoms with van der Waals surface area (Å²) >= 11 is 0. The van der Waals surface area contributed by atoms with Crippen LogP contribution in [-0.4, -0.2) is 27.4 Å². The number of carbonyl (C=O) groups excluding carboxylic acids is 1. The van der Waals surface area contributed by atoms with Crippen molar-refractivity contribution in [3.8, 4) is 0 Å². The molecule has 1 aliphatic carbocycles. The van der Waals surface area contributed by atoms with Crippen molar-refractivity contribution in [3.63, 3.8) is 0 Å². The normalized spacial score (nSPS) is 20.8. The van der Waals surface area contributed by atoms with Crippen LogP contribution in [0.3, 0.4) is 0 Å². The van der Waals surface area contributed by atoms with Gasteiger partial charge in [-0.15, -0.1) is 0 Å². The third-order valence-electron chi connectivity index (χ3n) is 5.54. The summed E-state index contributed by atoms with van der Waals surface area (Å²) in [6.07, 6.45) is 3.03. The average molecular weight is 385 g/mol. The van der Waals surface area contributed by atoms with E-state index in [1.54, 1.807) is 54.6 Å². The largest absolute Gasteiger partial charge is 0.326 e. The van der Waals surface area contributed by atoms with E-state index in [1.165, 1.54) is 0 Å². The molecule has 1 aliphatic heterocycles. The summed E-state index contributed by atoms with van der Waals surface area (Å²) in [7, 11) is -3.65. The predicted octanol–water partition coefficient (Wildman–Crippen LogP) is 2.82. The lowest BCUT2D eigenvalue weighted by atomic mass is 9.92. The number of piperidine rings is 1. The number of rotatable bonds is 5. The summed E-state index contributed by atoms with van der Waals surface area (Å²) in [6, 6.07) is 15.0. The predicted molar refractivity (Wildman–Crippen MR) is 105 cm³/mol. The van der Waals surface area contributed by atoms with Crippen molar-refractivity contribution in [2.45, 2.75) is 24.2 Å². The number of benzene rings is 2. The second-order valence-corrected chi connectivity index (χ2v) is 9.04. The van der Waals surface area contributed by atoms with Crippen molar-refractivity contribution in [1.29, 1.82) is 0 Å². The topological polar surface area (TPSA) is 87.3 Å². The number of carbonyl (C=O) groups is 1. The van der Waals surface area contributed by atoms with Gasteiger partial charge in [-0.05, 0) is 68.1 Å². The summed E-state index contributed by atoms with van der Waals surface area (Å²) < 4.78 is 27.5. The quantitative estimate of drug-likeness (QED) is 0.739. The van der Waals surface area contributed by atoms with Crippen molar-refractivity contribution in [1.82, 2.24) is 5.32 Å². The van der Waals surface area contributed by atoms with Crippen LogP contribution in [0.4, 0.5) is 11.4 Å². The molecule has 142 valence electrons. The number of hydrogen-bond acceptors (Lipinski definition) is 4. The van der Waals surface area contributed by atoms with E-state index in [9.17, 15) is 13.2 Å². The van der Waals surface area contributed by atoms with Crippen LogP contribution < -0.4 is 15.4 Å². The molecule has 0 bridgehead atoms. The van der Waals surface area contributed by atoms with Crippen LogP contribution in [0, 0.1) is 11.3 Å². The van der Waals surface area contributed by atoms with Crippen LogP contribution >= 0.6 is 0 Å². The van der Waals surface area contributed by atoms with Crippen LogP contribution in [0.2, 0.25) is 0 Å². The number of anilines is 2. The van der Waals surface area contributed by atoms with Gasteiger partial charge in [-0.1, -0.05) is 24.3 Å². The van der Waals surface area contributed by atoms with E-state index >= 15 is 0 Å². The molecule has 1 atom stereocenters. The van der Waals surface area contributed by atoms with Gasteiger partial charge in [0.2, 0.25) is 5.91 Å². The molecule has 0 radical (unpaired) electrons. The molecule has 1 amide bonds. The molecule has 1 unspecified atom stereocenters. The van der Waals surface area contributed by atoms with Gasteiger partial charge in [-0.3, -0.25) is 9.52 Å². The monoisotopic (exact) mass is 385 g/mol.